The number of carbonyl (C=O) groups excluding carboxylic acids is 1. The zero-order chi connectivity index (χ0) is 18.4. The van der Waals surface area contributed by atoms with Crippen LogP contribution >= 0.6 is 12.2 Å². The third kappa shape index (κ3) is 6.61. The summed E-state index contributed by atoms with van der Waals surface area (Å²) in [4.78, 5) is 14.3. The predicted molar refractivity (Wildman–Crippen MR) is 104 cm³/mol. The van der Waals surface area contributed by atoms with Gasteiger partial charge in [0.1, 0.15) is 0 Å². The van der Waals surface area contributed by atoms with Crippen molar-refractivity contribution in [1.82, 2.24) is 15.8 Å². The Hall–Kier alpha value is -1.70. The minimum absolute atomic E-state index is 0.0862. The second-order valence-corrected chi connectivity index (χ2v) is 7.12. The van der Waals surface area contributed by atoms with Gasteiger partial charge in [0, 0.05) is 31.7 Å². The van der Waals surface area contributed by atoms with Crippen LogP contribution in [0.5, 0.6) is 0 Å². The maximum Gasteiger partial charge on any atom is 0.239 e. The fourth-order valence-corrected chi connectivity index (χ4v) is 3.10. The zero-order valence-corrected chi connectivity index (χ0v) is 16.2. The van der Waals surface area contributed by atoms with Crippen LogP contribution in [0, 0.1) is 13.8 Å². The SMILES string of the molecule is Cc1ccc(C)c(NC(=S)NNC(=O)CCN2C[C@@H](C)O[C@@H](C)C2)c1. The predicted octanol–water partition coefficient (Wildman–Crippen LogP) is 2.12. The maximum atomic E-state index is 12.0. The lowest BCUT2D eigenvalue weighted by Gasteiger charge is -2.35. The first-order valence-electron chi connectivity index (χ1n) is 8.64. The lowest BCUT2D eigenvalue weighted by atomic mass is 10.1. The number of anilines is 1. The molecule has 0 bridgehead atoms. The molecule has 1 aliphatic rings. The van der Waals surface area contributed by atoms with Crippen LogP contribution in [-0.4, -0.2) is 47.8 Å². The van der Waals surface area contributed by atoms with Gasteiger partial charge < -0.3 is 10.1 Å². The van der Waals surface area contributed by atoms with Crippen molar-refractivity contribution in [3.8, 4) is 0 Å². The number of hydrazine groups is 1. The van der Waals surface area contributed by atoms with Gasteiger partial charge in [-0.2, -0.15) is 0 Å². The molecule has 1 aromatic rings. The van der Waals surface area contributed by atoms with E-state index in [0.29, 0.717) is 18.1 Å². The number of nitrogens with one attached hydrogen (secondary N) is 3. The molecule has 1 aromatic carbocycles. The summed E-state index contributed by atoms with van der Waals surface area (Å²) in [6.07, 6.45) is 0.831. The van der Waals surface area contributed by atoms with E-state index in [1.54, 1.807) is 0 Å². The molecule has 2 atom stereocenters. The summed E-state index contributed by atoms with van der Waals surface area (Å²) >= 11 is 5.23. The summed E-state index contributed by atoms with van der Waals surface area (Å²) in [7, 11) is 0. The standard InChI is InChI=1S/C18H28N4O2S/c1-12-5-6-13(2)16(9-12)19-18(25)21-20-17(23)7-8-22-10-14(3)24-15(4)11-22/h5-6,9,14-15H,7-8,10-11H2,1-4H3,(H,20,23)(H2,19,21,25)/t14-,15+. The molecule has 25 heavy (non-hydrogen) atoms. The van der Waals surface area contributed by atoms with Gasteiger partial charge in [0.25, 0.3) is 0 Å². The van der Waals surface area contributed by atoms with Crippen LogP contribution in [0.3, 0.4) is 0 Å². The molecule has 1 fully saturated rings. The summed E-state index contributed by atoms with van der Waals surface area (Å²) in [5, 5.41) is 3.47. The van der Waals surface area contributed by atoms with Crippen LogP contribution in [-0.2, 0) is 9.53 Å². The van der Waals surface area contributed by atoms with Gasteiger partial charge in [-0.15, -0.1) is 0 Å². The van der Waals surface area contributed by atoms with Crippen LogP contribution in [0.1, 0.15) is 31.4 Å². The Balaban J connectivity index is 1.70. The molecule has 0 spiro atoms. The van der Waals surface area contributed by atoms with Gasteiger partial charge in [0.15, 0.2) is 5.11 Å². The highest BCUT2D eigenvalue weighted by Gasteiger charge is 2.22. The van der Waals surface area contributed by atoms with E-state index in [0.717, 1.165) is 29.9 Å². The van der Waals surface area contributed by atoms with Crippen LogP contribution in [0.25, 0.3) is 0 Å². The first kappa shape index (κ1) is 19.6. The van der Waals surface area contributed by atoms with Crippen LogP contribution in [0.4, 0.5) is 5.69 Å². The number of nitrogens with zero attached hydrogens (tertiary/aromatic N) is 1. The fourth-order valence-electron chi connectivity index (χ4n) is 2.94. The lowest BCUT2D eigenvalue weighted by molar-refractivity contribution is -0.123. The molecule has 3 N–H and O–H groups in total. The topological polar surface area (TPSA) is 65.6 Å². The highest BCUT2D eigenvalue weighted by Crippen LogP contribution is 2.16. The van der Waals surface area contributed by atoms with E-state index in [-0.39, 0.29) is 18.1 Å². The summed E-state index contributed by atoms with van der Waals surface area (Å²) in [6.45, 7) is 10.6. The Kier molecular flexibility index (Phi) is 7.16. The van der Waals surface area contributed by atoms with E-state index in [9.17, 15) is 4.79 Å². The van der Waals surface area contributed by atoms with Gasteiger partial charge >= 0.3 is 0 Å². The van der Waals surface area contributed by atoms with E-state index in [1.807, 2.05) is 32.0 Å². The third-order valence-corrected chi connectivity index (χ3v) is 4.31. The van der Waals surface area contributed by atoms with Crippen molar-refractivity contribution in [3.05, 3.63) is 29.3 Å². The summed E-state index contributed by atoms with van der Waals surface area (Å²) in [5.41, 5.74) is 8.58. The quantitative estimate of drug-likeness (QED) is 0.562. The minimum Gasteiger partial charge on any atom is -0.373 e. The van der Waals surface area contributed by atoms with E-state index in [2.05, 4.69) is 34.9 Å². The van der Waals surface area contributed by atoms with Crippen LogP contribution < -0.4 is 16.2 Å². The summed E-state index contributed by atoms with van der Waals surface area (Å²) in [5.74, 6) is -0.0862. The molecular weight excluding hydrogens is 336 g/mol. The number of hydrogen-bond acceptors (Lipinski definition) is 4. The molecule has 0 radical (unpaired) electrons. The number of benzene rings is 1. The second kappa shape index (κ2) is 9.12. The average molecular weight is 365 g/mol. The largest absolute Gasteiger partial charge is 0.373 e. The summed E-state index contributed by atoms with van der Waals surface area (Å²) in [6, 6.07) is 6.10. The van der Waals surface area contributed by atoms with Crippen molar-refractivity contribution in [2.24, 2.45) is 0 Å². The molecule has 2 rings (SSSR count). The number of aryl methyl sites for hydroxylation is 2. The maximum absolute atomic E-state index is 12.0. The number of ether oxygens (including phenoxy) is 1. The number of rotatable bonds is 4. The zero-order valence-electron chi connectivity index (χ0n) is 15.4. The van der Waals surface area contributed by atoms with E-state index in [4.69, 9.17) is 17.0 Å². The van der Waals surface area contributed by atoms with Crippen molar-refractivity contribution < 1.29 is 9.53 Å². The number of carbonyl (C=O) groups is 1. The highest BCUT2D eigenvalue weighted by molar-refractivity contribution is 7.80. The monoisotopic (exact) mass is 364 g/mol. The van der Waals surface area contributed by atoms with E-state index < -0.39 is 0 Å². The van der Waals surface area contributed by atoms with Crippen molar-refractivity contribution in [1.29, 1.82) is 0 Å². The molecule has 0 unspecified atom stereocenters. The Labute approximate surface area is 155 Å². The molecule has 7 heteroatoms. The van der Waals surface area contributed by atoms with Crippen LogP contribution in [0.15, 0.2) is 18.2 Å². The molecule has 1 saturated heterocycles. The van der Waals surface area contributed by atoms with Gasteiger partial charge in [-0.1, -0.05) is 12.1 Å². The molecule has 0 aromatic heterocycles. The Morgan fingerprint density at radius 3 is 2.60 bits per heavy atom. The fraction of sp³-hybridized carbons (Fsp3) is 0.556. The number of thiocarbonyl (C=S) groups is 1. The average Bonchev–Trinajstić information content (AvgIpc) is 2.53. The normalized spacial score (nSPS) is 20.8. The second-order valence-electron chi connectivity index (χ2n) is 6.71. The van der Waals surface area contributed by atoms with E-state index in [1.165, 1.54) is 0 Å². The molecular formula is C18H28N4O2S. The Morgan fingerprint density at radius 2 is 1.92 bits per heavy atom. The van der Waals surface area contributed by atoms with Crippen molar-refractivity contribution in [2.75, 3.05) is 25.0 Å². The lowest BCUT2D eigenvalue weighted by Crippen LogP contribution is -2.48. The molecule has 6 nitrogen and oxygen atoms in total. The van der Waals surface area contributed by atoms with Gasteiger partial charge in [0.2, 0.25) is 5.91 Å². The Morgan fingerprint density at radius 1 is 1.24 bits per heavy atom. The smallest absolute Gasteiger partial charge is 0.239 e. The van der Waals surface area contributed by atoms with Crippen molar-refractivity contribution in [3.63, 3.8) is 0 Å². The summed E-state index contributed by atoms with van der Waals surface area (Å²) < 4.78 is 5.70. The first-order valence-corrected chi connectivity index (χ1v) is 9.05. The van der Waals surface area contributed by atoms with E-state index >= 15 is 0 Å². The third-order valence-electron chi connectivity index (χ3n) is 4.11. The Bertz CT molecular complexity index is 613. The van der Waals surface area contributed by atoms with Gasteiger partial charge in [-0.3, -0.25) is 20.5 Å². The molecule has 138 valence electrons. The van der Waals surface area contributed by atoms with Gasteiger partial charge in [0.05, 0.1) is 12.2 Å². The molecule has 0 saturated carbocycles. The number of morpholine rings is 1. The van der Waals surface area contributed by atoms with Crippen molar-refractivity contribution >= 4 is 28.9 Å². The highest BCUT2D eigenvalue weighted by atomic mass is 32.1. The molecule has 1 aliphatic heterocycles. The van der Waals surface area contributed by atoms with Crippen LogP contribution in [0.2, 0.25) is 0 Å². The number of hydrogen-bond donors (Lipinski definition) is 3. The molecule has 1 heterocycles. The first-order chi connectivity index (χ1) is 11.8. The van der Waals surface area contributed by atoms with Crippen molar-refractivity contribution in [2.45, 2.75) is 46.3 Å². The van der Waals surface area contributed by atoms with Gasteiger partial charge in [-0.25, -0.2) is 0 Å². The minimum atomic E-state index is -0.0862. The van der Waals surface area contributed by atoms with Gasteiger partial charge in [-0.05, 0) is 57.1 Å². The molecule has 0 aliphatic carbocycles. The molecule has 1 amide bonds. The number of amides is 1.